The Hall–Kier alpha value is -1.44. The van der Waals surface area contributed by atoms with Gasteiger partial charge < -0.3 is 15.3 Å². The number of hydrogen-bond acceptors (Lipinski definition) is 5. The summed E-state index contributed by atoms with van der Waals surface area (Å²) in [5.41, 5.74) is 0.139. The van der Waals surface area contributed by atoms with Gasteiger partial charge in [-0.2, -0.15) is 0 Å². The van der Waals surface area contributed by atoms with Gasteiger partial charge in [-0.25, -0.2) is 4.39 Å². The van der Waals surface area contributed by atoms with Crippen molar-refractivity contribution in [1.82, 2.24) is 0 Å². The second kappa shape index (κ2) is 7.37. The van der Waals surface area contributed by atoms with E-state index >= 15 is 0 Å². The number of carboxylic acids is 1. The molecular formula is C13H15FO5S. The van der Waals surface area contributed by atoms with Gasteiger partial charge in [0.1, 0.15) is 11.9 Å². The predicted octanol–water partition coefficient (Wildman–Crippen LogP) is 1.13. The largest absolute Gasteiger partial charge is 0.481 e. The molecule has 0 aliphatic rings. The van der Waals surface area contributed by atoms with Gasteiger partial charge in [0, 0.05) is 12.7 Å². The minimum absolute atomic E-state index is 0.00212. The Bertz CT molecular complexity index is 506. The Morgan fingerprint density at radius 2 is 2.00 bits per heavy atom. The molecule has 1 aromatic carbocycles. The van der Waals surface area contributed by atoms with Crippen LogP contribution in [0.1, 0.15) is 24.2 Å². The zero-order valence-corrected chi connectivity index (χ0v) is 11.6. The lowest BCUT2D eigenvalue weighted by Crippen LogP contribution is -2.21. The van der Waals surface area contributed by atoms with Crippen LogP contribution in [-0.2, 0) is 16.0 Å². The number of carbonyl (C=O) groups is 2. The molecule has 3 N–H and O–H groups in total. The topological polar surface area (TPSA) is 94.8 Å². The van der Waals surface area contributed by atoms with Gasteiger partial charge in [-0.1, -0.05) is 17.8 Å². The molecule has 2 unspecified atom stereocenters. The first kappa shape index (κ1) is 16.6. The Balaban J connectivity index is 2.84. The quantitative estimate of drug-likeness (QED) is 0.729. The molecule has 0 amide bonds. The minimum Gasteiger partial charge on any atom is -0.481 e. The van der Waals surface area contributed by atoms with Crippen LogP contribution in [0.2, 0.25) is 0 Å². The third kappa shape index (κ3) is 4.92. The SMILES string of the molecule is CC(=O)SCC(O)C(O)c1ccc(F)c(CC(=O)O)c1. The molecule has 0 radical (unpaired) electrons. The standard InChI is InChI=1S/C13H15FO5S/c1-7(15)20-6-11(16)13(19)8-2-3-10(14)9(4-8)5-12(17)18/h2-4,11,13,16,19H,5-6H2,1H3,(H,17,18). The highest BCUT2D eigenvalue weighted by atomic mass is 32.2. The smallest absolute Gasteiger partial charge is 0.307 e. The van der Waals surface area contributed by atoms with Gasteiger partial charge in [-0.3, -0.25) is 9.59 Å². The van der Waals surface area contributed by atoms with E-state index < -0.39 is 30.4 Å². The number of aliphatic hydroxyl groups is 2. The summed E-state index contributed by atoms with van der Waals surface area (Å²) in [5.74, 6) is -1.87. The molecular weight excluding hydrogens is 287 g/mol. The van der Waals surface area contributed by atoms with Crippen molar-refractivity contribution in [3.05, 3.63) is 35.1 Å². The van der Waals surface area contributed by atoms with Crippen LogP contribution >= 0.6 is 11.8 Å². The van der Waals surface area contributed by atoms with Crippen molar-refractivity contribution in [3.63, 3.8) is 0 Å². The number of aliphatic hydroxyl groups excluding tert-OH is 2. The minimum atomic E-state index is -1.31. The summed E-state index contributed by atoms with van der Waals surface area (Å²) >= 11 is 0.863. The highest BCUT2D eigenvalue weighted by Crippen LogP contribution is 2.22. The molecule has 0 bridgehead atoms. The van der Waals surface area contributed by atoms with E-state index in [1.807, 2.05) is 0 Å². The molecule has 0 saturated carbocycles. The summed E-state index contributed by atoms with van der Waals surface area (Å²) in [6.45, 7) is 1.34. The van der Waals surface area contributed by atoms with Crippen LogP contribution in [0.4, 0.5) is 4.39 Å². The Kier molecular flexibility index (Phi) is 6.12. The van der Waals surface area contributed by atoms with Gasteiger partial charge in [0.25, 0.3) is 0 Å². The number of carbonyl (C=O) groups excluding carboxylic acids is 1. The first-order chi connectivity index (χ1) is 9.31. The van der Waals surface area contributed by atoms with Crippen LogP contribution in [0, 0.1) is 5.82 Å². The van der Waals surface area contributed by atoms with E-state index in [2.05, 4.69) is 0 Å². The number of carboxylic acid groups (broad SMARTS) is 1. The van der Waals surface area contributed by atoms with E-state index in [1.54, 1.807) is 0 Å². The van der Waals surface area contributed by atoms with Crippen LogP contribution < -0.4 is 0 Å². The highest BCUT2D eigenvalue weighted by Gasteiger charge is 2.20. The van der Waals surface area contributed by atoms with E-state index in [9.17, 15) is 24.2 Å². The van der Waals surface area contributed by atoms with Crippen molar-refractivity contribution in [2.45, 2.75) is 25.6 Å². The van der Waals surface area contributed by atoms with Crippen LogP contribution in [0.25, 0.3) is 0 Å². The summed E-state index contributed by atoms with van der Waals surface area (Å²) < 4.78 is 13.4. The molecule has 0 spiro atoms. The first-order valence-electron chi connectivity index (χ1n) is 5.81. The van der Waals surface area contributed by atoms with E-state index in [0.29, 0.717) is 0 Å². The molecule has 2 atom stereocenters. The van der Waals surface area contributed by atoms with E-state index in [-0.39, 0.29) is 22.0 Å². The van der Waals surface area contributed by atoms with Gasteiger partial charge in [-0.05, 0) is 23.3 Å². The number of hydrogen-bond donors (Lipinski definition) is 3. The maximum atomic E-state index is 13.4. The third-order valence-electron chi connectivity index (χ3n) is 2.57. The zero-order chi connectivity index (χ0) is 15.3. The zero-order valence-electron chi connectivity index (χ0n) is 10.7. The number of aliphatic carboxylic acids is 1. The van der Waals surface area contributed by atoms with E-state index in [1.165, 1.54) is 19.1 Å². The number of halogens is 1. The molecule has 20 heavy (non-hydrogen) atoms. The van der Waals surface area contributed by atoms with Gasteiger partial charge in [0.05, 0.1) is 12.5 Å². The summed E-state index contributed by atoms with van der Waals surface area (Å²) in [6.07, 6.45) is -3.02. The normalized spacial score (nSPS) is 13.8. The van der Waals surface area contributed by atoms with Gasteiger partial charge >= 0.3 is 5.97 Å². The number of thioether (sulfide) groups is 1. The fourth-order valence-electron chi connectivity index (χ4n) is 1.59. The van der Waals surface area contributed by atoms with Crippen LogP contribution in [0.3, 0.4) is 0 Å². The maximum absolute atomic E-state index is 13.4. The second-order valence-electron chi connectivity index (χ2n) is 4.24. The van der Waals surface area contributed by atoms with Crippen molar-refractivity contribution in [3.8, 4) is 0 Å². The van der Waals surface area contributed by atoms with Gasteiger partial charge in [0.2, 0.25) is 0 Å². The fraction of sp³-hybridized carbons (Fsp3) is 0.385. The molecule has 0 aliphatic heterocycles. The van der Waals surface area contributed by atoms with E-state index in [4.69, 9.17) is 5.11 Å². The third-order valence-corrected chi connectivity index (χ3v) is 3.49. The number of rotatable bonds is 6. The van der Waals surface area contributed by atoms with Crippen LogP contribution in [-0.4, -0.2) is 38.3 Å². The van der Waals surface area contributed by atoms with Crippen molar-refractivity contribution in [2.24, 2.45) is 0 Å². The van der Waals surface area contributed by atoms with Gasteiger partial charge in [0.15, 0.2) is 5.12 Å². The summed E-state index contributed by atoms with van der Waals surface area (Å²) in [6, 6.07) is 3.52. The molecule has 0 saturated heterocycles. The average Bonchev–Trinajstić information content (AvgIpc) is 2.37. The monoisotopic (exact) mass is 302 g/mol. The number of benzene rings is 1. The fourth-order valence-corrected chi connectivity index (χ4v) is 2.18. The molecule has 0 aliphatic carbocycles. The highest BCUT2D eigenvalue weighted by molar-refractivity contribution is 8.13. The lowest BCUT2D eigenvalue weighted by molar-refractivity contribution is -0.136. The van der Waals surface area contributed by atoms with Gasteiger partial charge in [-0.15, -0.1) is 0 Å². The van der Waals surface area contributed by atoms with Crippen molar-refractivity contribution in [1.29, 1.82) is 0 Å². The lowest BCUT2D eigenvalue weighted by atomic mass is 10.0. The lowest BCUT2D eigenvalue weighted by Gasteiger charge is -2.18. The van der Waals surface area contributed by atoms with Crippen molar-refractivity contribution >= 4 is 22.8 Å². The average molecular weight is 302 g/mol. The molecule has 110 valence electrons. The molecule has 0 aromatic heterocycles. The van der Waals surface area contributed by atoms with Crippen LogP contribution in [0.15, 0.2) is 18.2 Å². The maximum Gasteiger partial charge on any atom is 0.307 e. The van der Waals surface area contributed by atoms with Crippen LogP contribution in [0.5, 0.6) is 0 Å². The Labute approximate surface area is 119 Å². The molecule has 7 heteroatoms. The first-order valence-corrected chi connectivity index (χ1v) is 6.79. The van der Waals surface area contributed by atoms with Crippen molar-refractivity contribution < 1.29 is 29.3 Å². The molecule has 5 nitrogen and oxygen atoms in total. The molecule has 0 heterocycles. The summed E-state index contributed by atoms with van der Waals surface area (Å²) in [4.78, 5) is 21.4. The molecule has 1 rings (SSSR count). The second-order valence-corrected chi connectivity index (χ2v) is 5.43. The Morgan fingerprint density at radius 1 is 1.35 bits per heavy atom. The molecule has 1 aromatic rings. The summed E-state index contributed by atoms with van der Waals surface area (Å²) in [5, 5.41) is 28.1. The molecule has 0 fully saturated rings. The van der Waals surface area contributed by atoms with Crippen molar-refractivity contribution in [2.75, 3.05) is 5.75 Å². The summed E-state index contributed by atoms with van der Waals surface area (Å²) in [7, 11) is 0. The predicted molar refractivity (Wildman–Crippen MR) is 71.8 cm³/mol. The van der Waals surface area contributed by atoms with E-state index in [0.717, 1.165) is 17.8 Å². The Morgan fingerprint density at radius 3 is 2.55 bits per heavy atom.